The first-order valence-electron chi connectivity index (χ1n) is 3.24. The summed E-state index contributed by atoms with van der Waals surface area (Å²) in [5, 5.41) is 0. The zero-order chi connectivity index (χ0) is 8.10. The molecule has 0 aliphatic heterocycles. The number of benzene rings is 1. The van der Waals surface area contributed by atoms with E-state index in [0.29, 0.717) is 12.4 Å². The second-order valence-electron chi connectivity index (χ2n) is 1.96. The van der Waals surface area contributed by atoms with E-state index >= 15 is 0 Å². The van der Waals surface area contributed by atoms with Gasteiger partial charge in [-0.1, -0.05) is 18.7 Å². The summed E-state index contributed by atoms with van der Waals surface area (Å²) in [6.45, 7) is 3.84. The van der Waals surface area contributed by atoms with Gasteiger partial charge in [0.1, 0.15) is 18.2 Å². The van der Waals surface area contributed by atoms with Crippen LogP contribution in [0, 0.1) is 11.9 Å². The molecule has 2 heteroatoms. The molecule has 0 N–H and O–H groups in total. The summed E-state index contributed by atoms with van der Waals surface area (Å²) in [5.41, 5.74) is 0. The van der Waals surface area contributed by atoms with Crippen molar-refractivity contribution in [3.63, 3.8) is 0 Å². The van der Waals surface area contributed by atoms with Crippen molar-refractivity contribution in [3.8, 4) is 5.75 Å². The molecular weight excluding hydrogens is 143 g/mol. The molecule has 0 saturated carbocycles. The quantitative estimate of drug-likeness (QED) is 0.601. The van der Waals surface area contributed by atoms with Gasteiger partial charge in [-0.2, -0.15) is 0 Å². The molecule has 0 bridgehead atoms. The molecule has 0 spiro atoms. The number of halogens is 1. The number of rotatable bonds is 3. The van der Waals surface area contributed by atoms with E-state index in [-0.39, 0.29) is 0 Å². The predicted molar refractivity (Wildman–Crippen MR) is 40.9 cm³/mol. The predicted octanol–water partition coefficient (Wildman–Crippen LogP) is 2.19. The molecule has 0 unspecified atom stereocenters. The van der Waals surface area contributed by atoms with Crippen LogP contribution in [0.25, 0.3) is 0 Å². The van der Waals surface area contributed by atoms with Gasteiger partial charge in [-0.25, -0.2) is 4.39 Å². The Labute approximate surface area is 65.1 Å². The Morgan fingerprint density at radius 3 is 3.09 bits per heavy atom. The van der Waals surface area contributed by atoms with E-state index in [2.05, 4.69) is 12.6 Å². The monoisotopic (exact) mass is 151 g/mol. The third kappa shape index (κ3) is 2.42. The zero-order valence-corrected chi connectivity index (χ0v) is 6.01. The first-order chi connectivity index (χ1) is 5.33. The van der Waals surface area contributed by atoms with E-state index in [9.17, 15) is 4.39 Å². The van der Waals surface area contributed by atoms with Crippen LogP contribution in [0.5, 0.6) is 5.75 Å². The molecule has 0 aliphatic rings. The molecule has 0 atom stereocenters. The molecule has 1 aromatic carbocycles. The van der Waals surface area contributed by atoms with Gasteiger partial charge in [0.2, 0.25) is 0 Å². The maximum absolute atomic E-state index is 12.4. The van der Waals surface area contributed by atoms with Crippen LogP contribution < -0.4 is 4.74 Å². The lowest BCUT2D eigenvalue weighted by Crippen LogP contribution is -1.92. The molecular formula is C9H8FO. The van der Waals surface area contributed by atoms with Crippen LogP contribution in [0.3, 0.4) is 0 Å². The minimum atomic E-state index is -0.411. The van der Waals surface area contributed by atoms with Gasteiger partial charge in [-0.05, 0) is 12.1 Å². The minimum absolute atomic E-state index is 0.375. The van der Waals surface area contributed by atoms with E-state index in [4.69, 9.17) is 4.74 Å². The standard InChI is InChI=1S/C9H8FO/c1-2-6-11-9-5-3-4-8(10)7-9/h2-5H,1,6H2. The van der Waals surface area contributed by atoms with Crippen LogP contribution in [0.15, 0.2) is 30.9 Å². The van der Waals surface area contributed by atoms with Crippen molar-refractivity contribution in [2.75, 3.05) is 6.61 Å². The van der Waals surface area contributed by atoms with Crippen molar-refractivity contribution in [2.24, 2.45) is 0 Å². The third-order valence-corrected chi connectivity index (χ3v) is 1.09. The highest BCUT2D eigenvalue weighted by Crippen LogP contribution is 2.10. The Hall–Kier alpha value is -1.31. The van der Waals surface area contributed by atoms with Gasteiger partial charge in [0, 0.05) is 0 Å². The van der Waals surface area contributed by atoms with Gasteiger partial charge in [0.15, 0.2) is 0 Å². The molecule has 0 aromatic heterocycles. The van der Waals surface area contributed by atoms with E-state index < -0.39 is 5.82 Å². The summed E-state index contributed by atoms with van der Waals surface area (Å²) in [7, 11) is 0. The van der Waals surface area contributed by atoms with E-state index in [1.54, 1.807) is 18.2 Å². The SMILES string of the molecule is C=CCOc1[c]c(F)ccc1. The maximum Gasteiger partial charge on any atom is 0.135 e. The van der Waals surface area contributed by atoms with Crippen molar-refractivity contribution in [2.45, 2.75) is 0 Å². The second-order valence-corrected chi connectivity index (χ2v) is 1.96. The van der Waals surface area contributed by atoms with Gasteiger partial charge < -0.3 is 4.74 Å². The first-order valence-corrected chi connectivity index (χ1v) is 3.24. The molecule has 11 heavy (non-hydrogen) atoms. The molecule has 0 amide bonds. The Balaban J connectivity index is 2.63. The van der Waals surface area contributed by atoms with Crippen molar-refractivity contribution >= 4 is 0 Å². The molecule has 1 radical (unpaired) electrons. The van der Waals surface area contributed by atoms with Crippen LogP contribution in [-0.2, 0) is 0 Å². The normalized spacial score (nSPS) is 9.18. The van der Waals surface area contributed by atoms with E-state index in [1.165, 1.54) is 6.07 Å². The lowest BCUT2D eigenvalue weighted by atomic mass is 10.3. The Morgan fingerprint density at radius 2 is 2.45 bits per heavy atom. The molecule has 0 saturated heterocycles. The average Bonchev–Trinajstić information content (AvgIpc) is 2.01. The zero-order valence-electron chi connectivity index (χ0n) is 6.01. The highest BCUT2D eigenvalue weighted by atomic mass is 19.1. The molecule has 1 nitrogen and oxygen atoms in total. The first kappa shape index (κ1) is 7.79. The lowest BCUT2D eigenvalue weighted by molar-refractivity contribution is 0.360. The molecule has 1 rings (SSSR count). The Morgan fingerprint density at radius 1 is 1.64 bits per heavy atom. The number of hydrogen-bond donors (Lipinski definition) is 0. The summed E-state index contributed by atoms with van der Waals surface area (Å²) >= 11 is 0. The minimum Gasteiger partial charge on any atom is -0.489 e. The van der Waals surface area contributed by atoms with Crippen LogP contribution in [0.2, 0.25) is 0 Å². The summed E-state index contributed by atoms with van der Waals surface area (Å²) in [6.07, 6.45) is 1.60. The van der Waals surface area contributed by atoms with Crippen molar-refractivity contribution in [3.05, 3.63) is 42.7 Å². The summed E-state index contributed by atoms with van der Waals surface area (Å²) in [4.78, 5) is 0. The maximum atomic E-state index is 12.4. The number of hydrogen-bond acceptors (Lipinski definition) is 1. The molecule has 0 heterocycles. The van der Waals surface area contributed by atoms with E-state index in [1.807, 2.05) is 0 Å². The van der Waals surface area contributed by atoms with Gasteiger partial charge in [-0.15, -0.1) is 0 Å². The summed E-state index contributed by atoms with van der Waals surface area (Å²) < 4.78 is 17.5. The summed E-state index contributed by atoms with van der Waals surface area (Å²) in [6, 6.07) is 6.94. The molecule has 57 valence electrons. The largest absolute Gasteiger partial charge is 0.489 e. The second kappa shape index (κ2) is 3.76. The Kier molecular flexibility index (Phi) is 2.66. The van der Waals surface area contributed by atoms with Crippen LogP contribution in [0.4, 0.5) is 4.39 Å². The van der Waals surface area contributed by atoms with Crippen LogP contribution >= 0.6 is 0 Å². The van der Waals surface area contributed by atoms with Gasteiger partial charge >= 0.3 is 0 Å². The third-order valence-electron chi connectivity index (χ3n) is 1.09. The van der Waals surface area contributed by atoms with Crippen LogP contribution in [0.1, 0.15) is 0 Å². The average molecular weight is 151 g/mol. The fourth-order valence-electron chi connectivity index (χ4n) is 0.654. The highest BCUT2D eigenvalue weighted by Gasteiger charge is 1.93. The van der Waals surface area contributed by atoms with Gasteiger partial charge in [0.05, 0.1) is 6.07 Å². The van der Waals surface area contributed by atoms with Crippen LogP contribution in [-0.4, -0.2) is 6.61 Å². The molecule has 0 fully saturated rings. The fraction of sp³-hybridized carbons (Fsp3) is 0.111. The molecule has 0 aliphatic carbocycles. The fourth-order valence-corrected chi connectivity index (χ4v) is 0.654. The smallest absolute Gasteiger partial charge is 0.135 e. The van der Waals surface area contributed by atoms with Gasteiger partial charge in [0.25, 0.3) is 0 Å². The lowest BCUT2D eigenvalue weighted by Gasteiger charge is -2.00. The highest BCUT2D eigenvalue weighted by molar-refractivity contribution is 5.20. The van der Waals surface area contributed by atoms with Crippen molar-refractivity contribution < 1.29 is 9.13 Å². The molecule has 1 aromatic rings. The topological polar surface area (TPSA) is 9.23 Å². The van der Waals surface area contributed by atoms with E-state index in [0.717, 1.165) is 0 Å². The van der Waals surface area contributed by atoms with Crippen molar-refractivity contribution in [1.82, 2.24) is 0 Å². The number of ether oxygens (including phenoxy) is 1. The van der Waals surface area contributed by atoms with Gasteiger partial charge in [-0.3, -0.25) is 0 Å². The van der Waals surface area contributed by atoms with Crippen molar-refractivity contribution in [1.29, 1.82) is 0 Å². The summed E-state index contributed by atoms with van der Waals surface area (Å²) in [5.74, 6) is -0.00328. The Bertz CT molecular complexity index is 245.